The Morgan fingerprint density at radius 2 is 2.16 bits per heavy atom. The highest BCUT2D eigenvalue weighted by Gasteiger charge is 2.42. The van der Waals surface area contributed by atoms with E-state index in [4.69, 9.17) is 5.11 Å². The molecule has 1 atom stereocenters. The van der Waals surface area contributed by atoms with Gasteiger partial charge in [0.15, 0.2) is 0 Å². The highest BCUT2D eigenvalue weighted by molar-refractivity contribution is 5.82. The fourth-order valence-corrected chi connectivity index (χ4v) is 2.45. The van der Waals surface area contributed by atoms with Crippen LogP contribution in [-0.4, -0.2) is 45.2 Å². The number of likely N-dealkylation sites (tertiary alicyclic amines) is 1. The van der Waals surface area contributed by atoms with Crippen LogP contribution < -0.4 is 0 Å². The summed E-state index contributed by atoms with van der Waals surface area (Å²) >= 11 is 0. The SMILES string of the molecule is Cc1n[nH]c(C)c1CC(=O)N1CCC(C)(C(=O)O)C1. The minimum absolute atomic E-state index is 0.0300. The van der Waals surface area contributed by atoms with Gasteiger partial charge >= 0.3 is 5.97 Å². The molecule has 1 aliphatic rings. The number of carbonyl (C=O) groups is 2. The molecule has 2 N–H and O–H groups in total. The quantitative estimate of drug-likeness (QED) is 0.850. The molecule has 0 spiro atoms. The van der Waals surface area contributed by atoms with E-state index in [1.54, 1.807) is 11.8 Å². The molecule has 2 rings (SSSR count). The highest BCUT2D eigenvalue weighted by Crippen LogP contribution is 2.30. The van der Waals surface area contributed by atoms with Crippen LogP contribution in [0.15, 0.2) is 0 Å². The van der Waals surface area contributed by atoms with Gasteiger partial charge < -0.3 is 10.0 Å². The largest absolute Gasteiger partial charge is 0.481 e. The minimum atomic E-state index is -0.835. The third kappa shape index (κ3) is 2.47. The van der Waals surface area contributed by atoms with Crippen molar-refractivity contribution < 1.29 is 14.7 Å². The summed E-state index contributed by atoms with van der Waals surface area (Å²) in [4.78, 5) is 25.0. The van der Waals surface area contributed by atoms with Crippen LogP contribution in [0.2, 0.25) is 0 Å². The lowest BCUT2D eigenvalue weighted by molar-refractivity contribution is -0.147. The Morgan fingerprint density at radius 1 is 1.47 bits per heavy atom. The molecule has 104 valence electrons. The van der Waals surface area contributed by atoms with E-state index < -0.39 is 11.4 Å². The van der Waals surface area contributed by atoms with Crippen LogP contribution in [-0.2, 0) is 16.0 Å². The summed E-state index contributed by atoms with van der Waals surface area (Å²) in [6.45, 7) is 6.23. The Balaban J connectivity index is 2.05. The zero-order chi connectivity index (χ0) is 14.2. The predicted octanol–water partition coefficient (Wildman–Crippen LogP) is 0.892. The Labute approximate surface area is 111 Å². The number of carboxylic acids is 1. The maximum atomic E-state index is 12.2. The fraction of sp³-hybridized carbons (Fsp3) is 0.615. The van der Waals surface area contributed by atoms with Gasteiger partial charge in [-0.2, -0.15) is 5.10 Å². The van der Waals surface area contributed by atoms with Crippen LogP contribution >= 0.6 is 0 Å². The average molecular weight is 265 g/mol. The summed E-state index contributed by atoms with van der Waals surface area (Å²) in [6, 6.07) is 0. The lowest BCUT2D eigenvalue weighted by atomic mass is 9.90. The summed E-state index contributed by atoms with van der Waals surface area (Å²) in [5.74, 6) is -0.865. The van der Waals surface area contributed by atoms with Crippen molar-refractivity contribution >= 4 is 11.9 Å². The maximum Gasteiger partial charge on any atom is 0.311 e. The summed E-state index contributed by atoms with van der Waals surface area (Å²) in [7, 11) is 0. The van der Waals surface area contributed by atoms with Gasteiger partial charge in [0.05, 0.1) is 17.5 Å². The first kappa shape index (κ1) is 13.6. The number of carboxylic acid groups (broad SMARTS) is 1. The average Bonchev–Trinajstić information content (AvgIpc) is 2.88. The normalized spacial score (nSPS) is 22.8. The van der Waals surface area contributed by atoms with Crippen LogP contribution in [0.3, 0.4) is 0 Å². The van der Waals surface area contributed by atoms with Crippen molar-refractivity contribution in [2.45, 2.75) is 33.6 Å². The molecule has 0 radical (unpaired) electrons. The van der Waals surface area contributed by atoms with Gasteiger partial charge in [-0.15, -0.1) is 0 Å². The highest BCUT2D eigenvalue weighted by atomic mass is 16.4. The van der Waals surface area contributed by atoms with Crippen molar-refractivity contribution in [3.05, 3.63) is 17.0 Å². The van der Waals surface area contributed by atoms with E-state index >= 15 is 0 Å². The summed E-state index contributed by atoms with van der Waals surface area (Å²) in [6.07, 6.45) is 0.793. The third-order valence-corrected chi connectivity index (χ3v) is 3.95. The van der Waals surface area contributed by atoms with Crippen molar-refractivity contribution in [3.8, 4) is 0 Å². The summed E-state index contributed by atoms with van der Waals surface area (Å²) in [5.41, 5.74) is 1.82. The fourth-order valence-electron chi connectivity index (χ4n) is 2.45. The van der Waals surface area contributed by atoms with Gasteiger partial charge in [-0.1, -0.05) is 0 Å². The molecule has 2 heterocycles. The molecule has 1 aliphatic heterocycles. The Kier molecular flexibility index (Phi) is 3.34. The van der Waals surface area contributed by atoms with Crippen molar-refractivity contribution in [1.29, 1.82) is 0 Å². The number of H-pyrrole nitrogens is 1. The van der Waals surface area contributed by atoms with Crippen LogP contribution in [0.1, 0.15) is 30.3 Å². The predicted molar refractivity (Wildman–Crippen MR) is 68.7 cm³/mol. The van der Waals surface area contributed by atoms with E-state index in [9.17, 15) is 9.59 Å². The zero-order valence-electron chi connectivity index (χ0n) is 11.5. The first-order chi connectivity index (χ1) is 8.83. The van der Waals surface area contributed by atoms with Crippen LogP contribution in [0.25, 0.3) is 0 Å². The molecule has 1 unspecified atom stereocenters. The van der Waals surface area contributed by atoms with Gasteiger partial charge in [0.2, 0.25) is 5.91 Å². The second-order valence-electron chi connectivity index (χ2n) is 5.52. The first-order valence-electron chi connectivity index (χ1n) is 6.35. The number of aromatic amines is 1. The van der Waals surface area contributed by atoms with E-state index in [0.717, 1.165) is 17.0 Å². The molecule has 0 bridgehead atoms. The summed E-state index contributed by atoms with van der Waals surface area (Å²) in [5, 5.41) is 16.1. The van der Waals surface area contributed by atoms with Gasteiger partial charge in [-0.3, -0.25) is 14.7 Å². The van der Waals surface area contributed by atoms with Gasteiger partial charge in [-0.05, 0) is 27.2 Å². The molecule has 1 fully saturated rings. The van der Waals surface area contributed by atoms with Crippen LogP contribution in [0.4, 0.5) is 0 Å². The van der Waals surface area contributed by atoms with Crippen molar-refractivity contribution in [2.75, 3.05) is 13.1 Å². The molecule has 1 amide bonds. The van der Waals surface area contributed by atoms with Crippen LogP contribution in [0, 0.1) is 19.3 Å². The van der Waals surface area contributed by atoms with E-state index in [0.29, 0.717) is 13.0 Å². The molecule has 0 saturated carbocycles. The number of aliphatic carboxylic acids is 1. The molecule has 1 aromatic rings. The standard InChI is InChI=1S/C13H19N3O3/c1-8-10(9(2)15-14-8)6-11(17)16-5-4-13(3,7-16)12(18)19/h4-7H2,1-3H3,(H,14,15)(H,18,19). The number of nitrogens with zero attached hydrogens (tertiary/aromatic N) is 2. The molecule has 6 nitrogen and oxygen atoms in total. The summed E-state index contributed by atoms with van der Waals surface area (Å²) < 4.78 is 0. The number of hydrogen-bond donors (Lipinski definition) is 2. The lowest BCUT2D eigenvalue weighted by Crippen LogP contribution is -2.35. The van der Waals surface area contributed by atoms with E-state index in [2.05, 4.69) is 10.2 Å². The third-order valence-electron chi connectivity index (χ3n) is 3.95. The number of aromatic nitrogens is 2. The van der Waals surface area contributed by atoms with Gasteiger partial charge in [-0.25, -0.2) is 0 Å². The van der Waals surface area contributed by atoms with E-state index in [1.807, 2.05) is 13.8 Å². The molecule has 6 heteroatoms. The number of nitrogens with one attached hydrogen (secondary N) is 1. The molecule has 1 aromatic heterocycles. The first-order valence-corrected chi connectivity index (χ1v) is 6.35. The van der Waals surface area contributed by atoms with Gasteiger partial charge in [0.25, 0.3) is 0 Å². The molecule has 1 saturated heterocycles. The van der Waals surface area contributed by atoms with Crippen molar-refractivity contribution in [1.82, 2.24) is 15.1 Å². The molecular weight excluding hydrogens is 246 g/mol. The smallest absolute Gasteiger partial charge is 0.311 e. The molecular formula is C13H19N3O3. The Hall–Kier alpha value is -1.85. The number of carbonyl (C=O) groups excluding carboxylic acids is 1. The monoisotopic (exact) mass is 265 g/mol. The molecule has 0 aromatic carbocycles. The molecule has 19 heavy (non-hydrogen) atoms. The zero-order valence-corrected chi connectivity index (χ0v) is 11.5. The van der Waals surface area contributed by atoms with Crippen molar-refractivity contribution in [2.24, 2.45) is 5.41 Å². The Bertz CT molecular complexity index is 504. The Morgan fingerprint density at radius 3 is 2.63 bits per heavy atom. The maximum absolute atomic E-state index is 12.2. The topological polar surface area (TPSA) is 86.3 Å². The van der Waals surface area contributed by atoms with Gasteiger partial charge in [0.1, 0.15) is 0 Å². The number of hydrogen-bond acceptors (Lipinski definition) is 3. The van der Waals surface area contributed by atoms with Crippen LogP contribution in [0.5, 0.6) is 0 Å². The van der Waals surface area contributed by atoms with Gasteiger partial charge in [0, 0.05) is 24.3 Å². The second-order valence-corrected chi connectivity index (χ2v) is 5.52. The second kappa shape index (κ2) is 4.68. The lowest BCUT2D eigenvalue weighted by Gasteiger charge is -2.20. The number of rotatable bonds is 3. The molecule has 0 aliphatic carbocycles. The van der Waals surface area contributed by atoms with E-state index in [1.165, 1.54) is 0 Å². The number of amides is 1. The van der Waals surface area contributed by atoms with Crippen molar-refractivity contribution in [3.63, 3.8) is 0 Å². The minimum Gasteiger partial charge on any atom is -0.481 e. The van der Waals surface area contributed by atoms with E-state index in [-0.39, 0.29) is 18.9 Å². The number of aryl methyl sites for hydroxylation is 2.